The third-order valence-electron chi connectivity index (χ3n) is 4.08. The number of rotatable bonds is 4. The van der Waals surface area contributed by atoms with Crippen molar-refractivity contribution in [2.45, 2.75) is 20.4 Å². The van der Waals surface area contributed by atoms with Crippen molar-refractivity contribution < 1.29 is 9.32 Å². The molecule has 24 heavy (non-hydrogen) atoms. The van der Waals surface area contributed by atoms with Gasteiger partial charge in [-0.25, -0.2) is 0 Å². The van der Waals surface area contributed by atoms with Gasteiger partial charge in [0.1, 0.15) is 0 Å². The van der Waals surface area contributed by atoms with Crippen LogP contribution < -0.4 is 0 Å². The van der Waals surface area contributed by atoms with Gasteiger partial charge in [0, 0.05) is 42.7 Å². The molecule has 0 N–H and O–H groups in total. The van der Waals surface area contributed by atoms with Crippen molar-refractivity contribution in [3.8, 4) is 11.5 Å². The van der Waals surface area contributed by atoms with Crippen LogP contribution in [-0.2, 0) is 11.3 Å². The molecule has 1 fully saturated rings. The Morgan fingerprint density at radius 1 is 1.29 bits per heavy atom. The van der Waals surface area contributed by atoms with Crippen molar-refractivity contribution in [1.29, 1.82) is 0 Å². The number of piperazine rings is 1. The number of amides is 1. The number of carbonyl (C=O) groups excluding carboxylic acids is 1. The Kier molecular flexibility index (Phi) is 5.16. The zero-order valence-corrected chi connectivity index (χ0v) is 14.7. The van der Waals surface area contributed by atoms with Crippen LogP contribution in [-0.4, -0.2) is 52.0 Å². The average Bonchev–Trinajstić information content (AvgIpc) is 3.03. The van der Waals surface area contributed by atoms with Gasteiger partial charge in [-0.3, -0.25) is 9.69 Å². The van der Waals surface area contributed by atoms with Gasteiger partial charge in [-0.1, -0.05) is 36.7 Å². The first-order valence-corrected chi connectivity index (χ1v) is 8.50. The monoisotopic (exact) mass is 348 g/mol. The minimum Gasteiger partial charge on any atom is -0.340 e. The van der Waals surface area contributed by atoms with Crippen LogP contribution in [0.5, 0.6) is 0 Å². The summed E-state index contributed by atoms with van der Waals surface area (Å²) in [6.07, 6.45) is 0. The minimum absolute atomic E-state index is 0.0500. The van der Waals surface area contributed by atoms with E-state index >= 15 is 0 Å². The lowest BCUT2D eigenvalue weighted by Gasteiger charge is -2.34. The van der Waals surface area contributed by atoms with E-state index in [-0.39, 0.29) is 11.8 Å². The molecule has 1 aromatic carbocycles. The fourth-order valence-corrected chi connectivity index (χ4v) is 2.94. The smallest absolute Gasteiger partial charge is 0.258 e. The first-order chi connectivity index (χ1) is 11.5. The molecule has 1 aliphatic heterocycles. The lowest BCUT2D eigenvalue weighted by Crippen LogP contribution is -2.49. The molecule has 1 saturated heterocycles. The van der Waals surface area contributed by atoms with Gasteiger partial charge < -0.3 is 9.42 Å². The Morgan fingerprint density at radius 3 is 2.71 bits per heavy atom. The summed E-state index contributed by atoms with van der Waals surface area (Å²) < 4.78 is 5.33. The molecule has 0 spiro atoms. The van der Waals surface area contributed by atoms with E-state index in [1.54, 1.807) is 12.1 Å². The molecular formula is C17H21ClN4O2. The van der Waals surface area contributed by atoms with Crippen LogP contribution in [0.3, 0.4) is 0 Å². The zero-order chi connectivity index (χ0) is 17.1. The Morgan fingerprint density at radius 2 is 2.04 bits per heavy atom. The Balaban J connectivity index is 1.57. The van der Waals surface area contributed by atoms with Crippen LogP contribution >= 0.6 is 11.6 Å². The first kappa shape index (κ1) is 16.9. The van der Waals surface area contributed by atoms with Gasteiger partial charge in [-0.05, 0) is 18.2 Å². The maximum Gasteiger partial charge on any atom is 0.258 e. The van der Waals surface area contributed by atoms with Crippen LogP contribution in [0.2, 0.25) is 5.02 Å². The van der Waals surface area contributed by atoms with Crippen molar-refractivity contribution in [3.63, 3.8) is 0 Å². The molecule has 1 aromatic heterocycles. The Hall–Kier alpha value is -1.92. The molecule has 2 heterocycles. The van der Waals surface area contributed by atoms with E-state index in [4.69, 9.17) is 16.1 Å². The van der Waals surface area contributed by atoms with E-state index in [1.165, 1.54) is 0 Å². The number of nitrogens with zero attached hydrogens (tertiary/aromatic N) is 4. The summed E-state index contributed by atoms with van der Waals surface area (Å²) in [6.45, 7) is 7.62. The maximum absolute atomic E-state index is 12.0. The lowest BCUT2D eigenvalue weighted by atomic mass is 10.1. The van der Waals surface area contributed by atoms with Gasteiger partial charge in [-0.2, -0.15) is 4.98 Å². The summed E-state index contributed by atoms with van der Waals surface area (Å²) >= 11 is 5.99. The van der Waals surface area contributed by atoms with Gasteiger partial charge >= 0.3 is 0 Å². The van der Waals surface area contributed by atoms with Crippen molar-refractivity contribution in [2.24, 2.45) is 5.92 Å². The maximum atomic E-state index is 12.0. The largest absolute Gasteiger partial charge is 0.340 e. The molecule has 1 amide bonds. The third-order valence-corrected chi connectivity index (χ3v) is 4.32. The van der Waals surface area contributed by atoms with E-state index in [2.05, 4.69) is 15.0 Å². The molecule has 6 nitrogen and oxygen atoms in total. The number of hydrogen-bond donors (Lipinski definition) is 0. The molecule has 0 aliphatic carbocycles. The van der Waals surface area contributed by atoms with Gasteiger partial charge in [0.25, 0.3) is 5.89 Å². The Bertz CT molecular complexity index is 708. The van der Waals surface area contributed by atoms with Crippen LogP contribution in [0.1, 0.15) is 19.7 Å². The topological polar surface area (TPSA) is 62.5 Å². The highest BCUT2D eigenvalue weighted by atomic mass is 35.5. The fraction of sp³-hybridized carbons (Fsp3) is 0.471. The summed E-state index contributed by atoms with van der Waals surface area (Å²) in [7, 11) is 0. The summed E-state index contributed by atoms with van der Waals surface area (Å²) in [5.41, 5.74) is 0.814. The van der Waals surface area contributed by atoms with E-state index in [1.807, 2.05) is 30.9 Å². The molecule has 0 atom stereocenters. The van der Waals surface area contributed by atoms with Gasteiger partial charge in [0.05, 0.1) is 6.54 Å². The van der Waals surface area contributed by atoms with Crippen molar-refractivity contribution in [1.82, 2.24) is 19.9 Å². The summed E-state index contributed by atoms with van der Waals surface area (Å²) in [4.78, 5) is 20.6. The standard InChI is InChI=1S/C17H21ClN4O2/c1-12(2)17(23)22-8-6-21(7-9-22)11-15-19-16(24-20-15)13-4-3-5-14(18)10-13/h3-5,10,12H,6-9,11H2,1-2H3. The molecule has 0 bridgehead atoms. The molecule has 128 valence electrons. The highest BCUT2D eigenvalue weighted by Crippen LogP contribution is 2.21. The van der Waals surface area contributed by atoms with Crippen LogP contribution in [0.25, 0.3) is 11.5 Å². The van der Waals surface area contributed by atoms with E-state index in [0.29, 0.717) is 23.3 Å². The summed E-state index contributed by atoms with van der Waals surface area (Å²) in [5.74, 6) is 1.39. The lowest BCUT2D eigenvalue weighted by molar-refractivity contribution is -0.136. The average molecular weight is 349 g/mol. The number of aromatic nitrogens is 2. The van der Waals surface area contributed by atoms with Crippen molar-refractivity contribution >= 4 is 17.5 Å². The predicted molar refractivity (Wildman–Crippen MR) is 91.4 cm³/mol. The summed E-state index contributed by atoms with van der Waals surface area (Å²) in [6, 6.07) is 7.35. The van der Waals surface area contributed by atoms with E-state index in [0.717, 1.165) is 31.7 Å². The van der Waals surface area contributed by atoms with Crippen LogP contribution in [0.4, 0.5) is 0 Å². The molecule has 0 saturated carbocycles. The molecule has 1 aliphatic rings. The van der Waals surface area contributed by atoms with Crippen LogP contribution in [0.15, 0.2) is 28.8 Å². The van der Waals surface area contributed by atoms with Crippen molar-refractivity contribution in [2.75, 3.05) is 26.2 Å². The normalized spacial score (nSPS) is 15.9. The highest BCUT2D eigenvalue weighted by molar-refractivity contribution is 6.30. The molecule has 2 aromatic rings. The molecule has 0 unspecified atom stereocenters. The van der Waals surface area contributed by atoms with Crippen molar-refractivity contribution in [3.05, 3.63) is 35.1 Å². The van der Waals surface area contributed by atoms with Gasteiger partial charge in [0.2, 0.25) is 5.91 Å². The molecule has 0 radical (unpaired) electrons. The number of benzene rings is 1. The van der Waals surface area contributed by atoms with E-state index < -0.39 is 0 Å². The first-order valence-electron chi connectivity index (χ1n) is 8.12. The van der Waals surface area contributed by atoms with Crippen LogP contribution in [0, 0.1) is 5.92 Å². The molecular weight excluding hydrogens is 328 g/mol. The van der Waals surface area contributed by atoms with E-state index in [9.17, 15) is 4.79 Å². The second-order valence-electron chi connectivity index (χ2n) is 6.28. The molecule has 7 heteroatoms. The van der Waals surface area contributed by atoms with Gasteiger partial charge in [-0.15, -0.1) is 0 Å². The Labute approximate surface area is 146 Å². The quantitative estimate of drug-likeness (QED) is 0.850. The molecule has 3 rings (SSSR count). The summed E-state index contributed by atoms with van der Waals surface area (Å²) in [5, 5.41) is 4.68. The predicted octanol–water partition coefficient (Wildman–Crippen LogP) is 2.69. The minimum atomic E-state index is 0.0500. The zero-order valence-electron chi connectivity index (χ0n) is 13.9. The highest BCUT2D eigenvalue weighted by Gasteiger charge is 2.23. The number of halogens is 1. The number of hydrogen-bond acceptors (Lipinski definition) is 5. The fourth-order valence-electron chi connectivity index (χ4n) is 2.75. The number of carbonyl (C=O) groups is 1. The SMILES string of the molecule is CC(C)C(=O)N1CCN(Cc2noc(-c3cccc(Cl)c3)n2)CC1. The van der Waals surface area contributed by atoms with Gasteiger partial charge in [0.15, 0.2) is 5.82 Å². The second-order valence-corrected chi connectivity index (χ2v) is 6.72. The third kappa shape index (κ3) is 3.94. The second kappa shape index (κ2) is 7.32.